The minimum Gasteiger partial charge on any atom is -0.478 e. The molecule has 0 amide bonds. The first-order valence-electron chi connectivity index (χ1n) is 7.02. The summed E-state index contributed by atoms with van der Waals surface area (Å²) in [5.74, 6) is -0.670. The van der Waals surface area contributed by atoms with Crippen molar-refractivity contribution < 1.29 is 19.0 Å². The predicted octanol–water partition coefficient (Wildman–Crippen LogP) is 3.53. The van der Waals surface area contributed by atoms with Gasteiger partial charge in [0.15, 0.2) is 5.82 Å². The van der Waals surface area contributed by atoms with Gasteiger partial charge in [-0.25, -0.2) is 14.2 Å². The van der Waals surface area contributed by atoms with E-state index in [9.17, 15) is 9.18 Å². The zero-order valence-electron chi connectivity index (χ0n) is 12.3. The molecule has 0 fully saturated rings. The Morgan fingerprint density at radius 2 is 1.91 bits per heavy atom. The normalized spacial score (nSPS) is 10.7. The Labute approximate surface area is 131 Å². The third-order valence-corrected chi connectivity index (χ3v) is 3.29. The second kappa shape index (κ2) is 6.00. The van der Waals surface area contributed by atoms with Crippen molar-refractivity contribution in [3.05, 3.63) is 53.8 Å². The van der Waals surface area contributed by atoms with Crippen LogP contribution >= 0.6 is 0 Å². The summed E-state index contributed by atoms with van der Waals surface area (Å²) in [6.07, 6.45) is 0. The summed E-state index contributed by atoms with van der Waals surface area (Å²) in [5.41, 5.74) is 1.21. The lowest BCUT2D eigenvalue weighted by atomic mass is 10.1. The molecule has 0 bridgehead atoms. The molecule has 0 aliphatic heterocycles. The first kappa shape index (κ1) is 14.9. The molecule has 1 aromatic heterocycles. The lowest BCUT2D eigenvalue weighted by Crippen LogP contribution is -2.01. The van der Waals surface area contributed by atoms with E-state index in [0.717, 1.165) is 0 Å². The fraction of sp³-hybridized carbons (Fsp3) is 0.118. The number of carboxylic acid groups (broad SMARTS) is 1. The van der Waals surface area contributed by atoms with Crippen LogP contribution in [0.25, 0.3) is 22.3 Å². The Kier molecular flexibility index (Phi) is 3.89. The molecule has 0 saturated carbocycles. The lowest BCUT2D eigenvalue weighted by molar-refractivity contribution is 0.0697. The SMILES string of the molecule is CCOc1nc(-c2ccc(F)cc2)nc2cc(C(=O)O)ccc12. The number of ether oxygens (including phenoxy) is 1. The maximum Gasteiger partial charge on any atom is 0.335 e. The van der Waals surface area contributed by atoms with Crippen LogP contribution in [0.5, 0.6) is 5.88 Å². The maximum absolute atomic E-state index is 13.1. The first-order valence-corrected chi connectivity index (χ1v) is 7.02. The molecule has 23 heavy (non-hydrogen) atoms. The molecule has 0 atom stereocenters. The predicted molar refractivity (Wildman–Crippen MR) is 83.1 cm³/mol. The van der Waals surface area contributed by atoms with Crippen LogP contribution in [0.2, 0.25) is 0 Å². The summed E-state index contributed by atoms with van der Waals surface area (Å²) in [5, 5.41) is 9.75. The summed E-state index contributed by atoms with van der Waals surface area (Å²) in [7, 11) is 0. The standard InChI is InChI=1S/C17H13FN2O3/c1-2-23-16-13-8-5-11(17(21)22)9-14(13)19-15(20-16)10-3-6-12(18)7-4-10/h3-9H,2H2,1H3,(H,21,22). The van der Waals surface area contributed by atoms with E-state index in [0.29, 0.717) is 34.8 Å². The van der Waals surface area contributed by atoms with Crippen LogP contribution in [0.1, 0.15) is 17.3 Å². The third kappa shape index (κ3) is 2.96. The van der Waals surface area contributed by atoms with Crippen molar-refractivity contribution in [3.63, 3.8) is 0 Å². The fourth-order valence-electron chi connectivity index (χ4n) is 2.21. The van der Waals surface area contributed by atoms with E-state index in [-0.39, 0.29) is 11.4 Å². The molecule has 1 heterocycles. The van der Waals surface area contributed by atoms with Crippen LogP contribution in [-0.4, -0.2) is 27.7 Å². The number of aromatic carboxylic acids is 1. The lowest BCUT2D eigenvalue weighted by Gasteiger charge is -2.09. The molecule has 0 radical (unpaired) electrons. The van der Waals surface area contributed by atoms with Crippen molar-refractivity contribution >= 4 is 16.9 Å². The van der Waals surface area contributed by atoms with Gasteiger partial charge in [-0.2, -0.15) is 4.98 Å². The highest BCUT2D eigenvalue weighted by Crippen LogP contribution is 2.27. The highest BCUT2D eigenvalue weighted by atomic mass is 19.1. The number of rotatable bonds is 4. The van der Waals surface area contributed by atoms with E-state index in [4.69, 9.17) is 9.84 Å². The van der Waals surface area contributed by atoms with Crippen LogP contribution < -0.4 is 4.74 Å². The molecule has 116 valence electrons. The van der Waals surface area contributed by atoms with Gasteiger partial charge in [0.05, 0.1) is 23.1 Å². The minimum absolute atomic E-state index is 0.128. The van der Waals surface area contributed by atoms with Crippen LogP contribution in [0, 0.1) is 5.82 Å². The Morgan fingerprint density at radius 3 is 2.57 bits per heavy atom. The number of aromatic nitrogens is 2. The second-order valence-corrected chi connectivity index (χ2v) is 4.83. The number of halogens is 1. The summed E-state index contributed by atoms with van der Waals surface area (Å²) in [6, 6.07) is 10.3. The van der Waals surface area contributed by atoms with Gasteiger partial charge in [-0.1, -0.05) is 0 Å². The molecule has 3 rings (SSSR count). The summed E-state index contributed by atoms with van der Waals surface area (Å²) in [4.78, 5) is 19.9. The highest BCUT2D eigenvalue weighted by molar-refractivity contribution is 5.94. The molecule has 6 heteroatoms. The van der Waals surface area contributed by atoms with Crippen molar-refractivity contribution in [3.8, 4) is 17.3 Å². The minimum atomic E-state index is -1.04. The number of fused-ring (bicyclic) bond motifs is 1. The first-order chi connectivity index (χ1) is 11.1. The number of hydrogen-bond donors (Lipinski definition) is 1. The smallest absolute Gasteiger partial charge is 0.335 e. The van der Waals surface area contributed by atoms with Gasteiger partial charge in [-0.15, -0.1) is 0 Å². The summed E-state index contributed by atoms with van der Waals surface area (Å²) >= 11 is 0. The molecule has 0 saturated heterocycles. The number of nitrogens with zero attached hydrogens (tertiary/aromatic N) is 2. The number of hydrogen-bond acceptors (Lipinski definition) is 4. The summed E-state index contributed by atoms with van der Waals surface area (Å²) < 4.78 is 18.6. The Morgan fingerprint density at radius 1 is 1.17 bits per heavy atom. The summed E-state index contributed by atoms with van der Waals surface area (Å²) in [6.45, 7) is 2.24. The van der Waals surface area contributed by atoms with Crippen LogP contribution in [0.4, 0.5) is 4.39 Å². The molecule has 0 unspecified atom stereocenters. The van der Waals surface area contributed by atoms with E-state index in [1.165, 1.54) is 24.3 Å². The quantitative estimate of drug-likeness (QED) is 0.798. The Balaban J connectivity index is 2.21. The van der Waals surface area contributed by atoms with E-state index >= 15 is 0 Å². The van der Waals surface area contributed by atoms with Gasteiger partial charge in [0, 0.05) is 5.56 Å². The monoisotopic (exact) mass is 312 g/mol. The van der Waals surface area contributed by atoms with Crippen LogP contribution in [0.3, 0.4) is 0 Å². The van der Waals surface area contributed by atoms with Crippen molar-refractivity contribution in [2.24, 2.45) is 0 Å². The van der Waals surface area contributed by atoms with Gasteiger partial charge in [0.2, 0.25) is 5.88 Å². The molecular weight excluding hydrogens is 299 g/mol. The fourth-order valence-corrected chi connectivity index (χ4v) is 2.21. The molecule has 1 N–H and O–H groups in total. The molecule has 0 spiro atoms. The number of carboxylic acids is 1. The molecule has 0 aliphatic rings. The topological polar surface area (TPSA) is 72.3 Å². The third-order valence-electron chi connectivity index (χ3n) is 3.29. The highest BCUT2D eigenvalue weighted by Gasteiger charge is 2.13. The van der Waals surface area contributed by atoms with E-state index in [1.807, 2.05) is 6.92 Å². The second-order valence-electron chi connectivity index (χ2n) is 4.83. The largest absolute Gasteiger partial charge is 0.478 e. The van der Waals surface area contributed by atoms with Gasteiger partial charge in [0.1, 0.15) is 5.82 Å². The molecule has 0 aliphatic carbocycles. The van der Waals surface area contributed by atoms with Crippen molar-refractivity contribution in [2.45, 2.75) is 6.92 Å². The Bertz CT molecular complexity index is 879. The van der Waals surface area contributed by atoms with E-state index < -0.39 is 5.97 Å². The zero-order valence-corrected chi connectivity index (χ0v) is 12.3. The van der Waals surface area contributed by atoms with E-state index in [1.54, 1.807) is 18.2 Å². The van der Waals surface area contributed by atoms with Gasteiger partial charge in [0.25, 0.3) is 0 Å². The van der Waals surface area contributed by atoms with Gasteiger partial charge in [-0.05, 0) is 49.4 Å². The molecule has 2 aromatic carbocycles. The number of benzene rings is 2. The van der Waals surface area contributed by atoms with Gasteiger partial charge in [-0.3, -0.25) is 0 Å². The Hall–Kier alpha value is -3.02. The molecule has 3 aromatic rings. The number of carbonyl (C=O) groups is 1. The maximum atomic E-state index is 13.1. The molecule has 5 nitrogen and oxygen atoms in total. The van der Waals surface area contributed by atoms with Crippen molar-refractivity contribution in [2.75, 3.05) is 6.61 Å². The van der Waals surface area contributed by atoms with Gasteiger partial charge >= 0.3 is 5.97 Å². The van der Waals surface area contributed by atoms with Crippen LogP contribution in [-0.2, 0) is 0 Å². The van der Waals surface area contributed by atoms with Crippen LogP contribution in [0.15, 0.2) is 42.5 Å². The van der Waals surface area contributed by atoms with Crippen molar-refractivity contribution in [1.29, 1.82) is 0 Å². The molecular formula is C17H13FN2O3. The average Bonchev–Trinajstić information content (AvgIpc) is 2.55. The average molecular weight is 312 g/mol. The van der Waals surface area contributed by atoms with Crippen molar-refractivity contribution in [1.82, 2.24) is 9.97 Å². The van der Waals surface area contributed by atoms with Gasteiger partial charge < -0.3 is 9.84 Å². The van der Waals surface area contributed by atoms with E-state index in [2.05, 4.69) is 9.97 Å². The zero-order chi connectivity index (χ0) is 16.4.